The minimum absolute atomic E-state index is 0.0484. The number of para-hydroxylation sites is 1. The van der Waals surface area contributed by atoms with Gasteiger partial charge in [0.1, 0.15) is 12.4 Å². The van der Waals surface area contributed by atoms with Gasteiger partial charge in [-0.15, -0.1) is 0 Å². The first-order chi connectivity index (χ1) is 9.75. The third-order valence-corrected chi connectivity index (χ3v) is 3.13. The van der Waals surface area contributed by atoms with Crippen LogP contribution < -0.4 is 4.74 Å². The van der Waals surface area contributed by atoms with Crippen LogP contribution in [0.2, 0.25) is 0 Å². The van der Waals surface area contributed by atoms with Gasteiger partial charge in [0, 0.05) is 18.6 Å². The quantitative estimate of drug-likeness (QED) is 0.567. The van der Waals surface area contributed by atoms with Crippen LogP contribution in [0.15, 0.2) is 42.5 Å². The van der Waals surface area contributed by atoms with Crippen LogP contribution in [-0.2, 0) is 14.3 Å². The third kappa shape index (κ3) is 4.70. The maximum atomic E-state index is 11.7. The van der Waals surface area contributed by atoms with Gasteiger partial charge in [-0.1, -0.05) is 24.8 Å². The van der Waals surface area contributed by atoms with Crippen LogP contribution in [0.1, 0.15) is 19.3 Å². The summed E-state index contributed by atoms with van der Waals surface area (Å²) in [6.45, 7) is 5.23. The SMILES string of the molecule is C=C(CCOc1ccccc1)C(=O)OCC1CCCO1. The summed E-state index contributed by atoms with van der Waals surface area (Å²) in [4.78, 5) is 11.7. The first kappa shape index (κ1) is 14.6. The molecule has 4 nitrogen and oxygen atoms in total. The molecule has 4 heteroatoms. The monoisotopic (exact) mass is 276 g/mol. The van der Waals surface area contributed by atoms with Gasteiger partial charge in [0.2, 0.25) is 0 Å². The Morgan fingerprint density at radius 1 is 1.35 bits per heavy atom. The molecule has 108 valence electrons. The Morgan fingerprint density at radius 3 is 2.85 bits per heavy atom. The lowest BCUT2D eigenvalue weighted by molar-refractivity contribution is -0.142. The van der Waals surface area contributed by atoms with E-state index in [-0.39, 0.29) is 12.1 Å². The number of benzene rings is 1. The number of hydrogen-bond acceptors (Lipinski definition) is 4. The first-order valence-electron chi connectivity index (χ1n) is 6.90. The molecule has 0 bridgehead atoms. The molecule has 0 aliphatic carbocycles. The van der Waals surface area contributed by atoms with Crippen molar-refractivity contribution in [3.63, 3.8) is 0 Å². The second-order valence-electron chi connectivity index (χ2n) is 4.75. The Labute approximate surface area is 119 Å². The lowest BCUT2D eigenvalue weighted by atomic mass is 10.2. The van der Waals surface area contributed by atoms with E-state index in [1.807, 2.05) is 30.3 Å². The third-order valence-electron chi connectivity index (χ3n) is 3.13. The number of carbonyl (C=O) groups is 1. The zero-order valence-electron chi connectivity index (χ0n) is 11.5. The number of carbonyl (C=O) groups excluding carboxylic acids is 1. The van der Waals surface area contributed by atoms with E-state index >= 15 is 0 Å². The average molecular weight is 276 g/mol. The molecule has 0 amide bonds. The highest BCUT2D eigenvalue weighted by atomic mass is 16.6. The van der Waals surface area contributed by atoms with E-state index in [1.54, 1.807) is 0 Å². The van der Waals surface area contributed by atoms with Gasteiger partial charge in [-0.3, -0.25) is 0 Å². The van der Waals surface area contributed by atoms with Crippen LogP contribution in [0.3, 0.4) is 0 Å². The van der Waals surface area contributed by atoms with E-state index in [0.29, 0.717) is 25.2 Å². The number of esters is 1. The Bertz CT molecular complexity index is 435. The fourth-order valence-corrected chi connectivity index (χ4v) is 1.96. The zero-order valence-corrected chi connectivity index (χ0v) is 11.5. The van der Waals surface area contributed by atoms with Crippen LogP contribution in [0, 0.1) is 0 Å². The van der Waals surface area contributed by atoms with E-state index in [1.165, 1.54) is 0 Å². The predicted molar refractivity (Wildman–Crippen MR) is 75.6 cm³/mol. The zero-order chi connectivity index (χ0) is 14.2. The van der Waals surface area contributed by atoms with Gasteiger partial charge in [0.25, 0.3) is 0 Å². The van der Waals surface area contributed by atoms with E-state index in [0.717, 1.165) is 25.2 Å². The molecule has 0 N–H and O–H groups in total. The standard InChI is InChI=1S/C16H20O4/c1-13(9-11-19-14-6-3-2-4-7-14)16(17)20-12-15-8-5-10-18-15/h2-4,6-7,15H,1,5,8-12H2. The minimum Gasteiger partial charge on any atom is -0.493 e. The molecular formula is C16H20O4. The van der Waals surface area contributed by atoms with Crippen molar-refractivity contribution in [3.8, 4) is 5.75 Å². The normalized spacial score (nSPS) is 17.7. The fraction of sp³-hybridized carbons (Fsp3) is 0.438. The van der Waals surface area contributed by atoms with Crippen LogP contribution in [0.4, 0.5) is 0 Å². The molecule has 2 rings (SSSR count). The first-order valence-corrected chi connectivity index (χ1v) is 6.90. The average Bonchev–Trinajstić information content (AvgIpc) is 2.99. The van der Waals surface area contributed by atoms with Crippen molar-refractivity contribution in [2.45, 2.75) is 25.4 Å². The maximum absolute atomic E-state index is 11.7. The van der Waals surface area contributed by atoms with Gasteiger partial charge in [-0.25, -0.2) is 4.79 Å². The second-order valence-corrected chi connectivity index (χ2v) is 4.75. The van der Waals surface area contributed by atoms with E-state index in [4.69, 9.17) is 14.2 Å². The molecule has 1 atom stereocenters. The highest BCUT2D eigenvalue weighted by Crippen LogP contribution is 2.13. The molecule has 1 saturated heterocycles. The Morgan fingerprint density at radius 2 is 2.15 bits per heavy atom. The molecule has 1 aliphatic heterocycles. The molecule has 0 radical (unpaired) electrons. The van der Waals surface area contributed by atoms with Crippen LogP contribution >= 0.6 is 0 Å². The van der Waals surface area contributed by atoms with E-state index in [2.05, 4.69) is 6.58 Å². The molecule has 0 saturated carbocycles. The molecule has 1 heterocycles. The van der Waals surface area contributed by atoms with Gasteiger partial charge in [-0.2, -0.15) is 0 Å². The Hall–Kier alpha value is -1.81. The van der Waals surface area contributed by atoms with E-state index in [9.17, 15) is 4.79 Å². The van der Waals surface area contributed by atoms with Gasteiger partial charge >= 0.3 is 5.97 Å². The molecular weight excluding hydrogens is 256 g/mol. The molecule has 1 aromatic carbocycles. The van der Waals surface area contributed by atoms with Crippen molar-refractivity contribution in [1.82, 2.24) is 0 Å². The van der Waals surface area contributed by atoms with Gasteiger partial charge in [0.15, 0.2) is 0 Å². The molecule has 0 spiro atoms. The van der Waals surface area contributed by atoms with Crippen molar-refractivity contribution >= 4 is 5.97 Å². The van der Waals surface area contributed by atoms with Crippen molar-refractivity contribution in [1.29, 1.82) is 0 Å². The van der Waals surface area contributed by atoms with Crippen molar-refractivity contribution in [2.24, 2.45) is 0 Å². The van der Waals surface area contributed by atoms with Crippen LogP contribution in [-0.4, -0.2) is 31.9 Å². The highest BCUT2D eigenvalue weighted by Gasteiger charge is 2.18. The molecule has 20 heavy (non-hydrogen) atoms. The van der Waals surface area contributed by atoms with Gasteiger partial charge in [0.05, 0.1) is 12.7 Å². The summed E-state index contributed by atoms with van der Waals surface area (Å²) in [6, 6.07) is 9.48. The largest absolute Gasteiger partial charge is 0.493 e. The number of hydrogen-bond donors (Lipinski definition) is 0. The number of rotatable bonds is 7. The number of ether oxygens (including phenoxy) is 3. The minimum atomic E-state index is -0.364. The molecule has 1 fully saturated rings. The lowest BCUT2D eigenvalue weighted by Crippen LogP contribution is -2.19. The molecule has 1 aliphatic rings. The maximum Gasteiger partial charge on any atom is 0.333 e. The summed E-state index contributed by atoms with van der Waals surface area (Å²) in [6.07, 6.45) is 2.50. The summed E-state index contributed by atoms with van der Waals surface area (Å²) in [5.74, 6) is 0.421. The molecule has 0 aromatic heterocycles. The van der Waals surface area contributed by atoms with Crippen molar-refractivity contribution in [3.05, 3.63) is 42.5 Å². The van der Waals surface area contributed by atoms with E-state index < -0.39 is 0 Å². The Kier molecular flexibility index (Phi) is 5.62. The Balaban J connectivity index is 1.62. The summed E-state index contributed by atoms with van der Waals surface area (Å²) in [5, 5.41) is 0. The topological polar surface area (TPSA) is 44.8 Å². The van der Waals surface area contributed by atoms with Crippen LogP contribution in [0.25, 0.3) is 0 Å². The second kappa shape index (κ2) is 7.70. The summed E-state index contributed by atoms with van der Waals surface area (Å²) >= 11 is 0. The predicted octanol–water partition coefficient (Wildman–Crippen LogP) is 2.73. The fourth-order valence-electron chi connectivity index (χ4n) is 1.96. The van der Waals surface area contributed by atoms with Crippen molar-refractivity contribution < 1.29 is 19.0 Å². The van der Waals surface area contributed by atoms with Gasteiger partial charge in [-0.05, 0) is 25.0 Å². The molecule has 1 unspecified atom stereocenters. The summed E-state index contributed by atoms with van der Waals surface area (Å²) in [5.41, 5.74) is 0.430. The highest BCUT2D eigenvalue weighted by molar-refractivity contribution is 5.87. The summed E-state index contributed by atoms with van der Waals surface area (Å²) in [7, 11) is 0. The van der Waals surface area contributed by atoms with Gasteiger partial charge < -0.3 is 14.2 Å². The smallest absolute Gasteiger partial charge is 0.333 e. The summed E-state index contributed by atoms with van der Waals surface area (Å²) < 4.78 is 16.1. The lowest BCUT2D eigenvalue weighted by Gasteiger charge is -2.11. The van der Waals surface area contributed by atoms with Crippen LogP contribution in [0.5, 0.6) is 5.75 Å². The van der Waals surface area contributed by atoms with Crippen molar-refractivity contribution in [2.75, 3.05) is 19.8 Å². The molecule has 1 aromatic rings.